The summed E-state index contributed by atoms with van der Waals surface area (Å²) in [7, 11) is 2.98. The van der Waals surface area contributed by atoms with Crippen LogP contribution in [0.15, 0.2) is 28.4 Å². The van der Waals surface area contributed by atoms with Gasteiger partial charge in [-0.25, -0.2) is 4.79 Å². The summed E-state index contributed by atoms with van der Waals surface area (Å²) >= 11 is 3.35. The number of imide groups is 1. The highest BCUT2D eigenvalue weighted by Crippen LogP contribution is 2.25. The predicted molar refractivity (Wildman–Crippen MR) is 70.0 cm³/mol. The third kappa shape index (κ3) is 2.24. The molecular weight excluding hydrogens is 300 g/mol. The smallest absolute Gasteiger partial charge is 0.328 e. The van der Waals surface area contributed by atoms with E-state index in [0.717, 1.165) is 9.37 Å². The SMILES string of the molecule is COc1ccc(Br)cc1/C=C1/NC(=O)N(C)C1=O. The van der Waals surface area contributed by atoms with E-state index in [1.54, 1.807) is 19.3 Å². The maximum absolute atomic E-state index is 11.7. The fourth-order valence-corrected chi connectivity index (χ4v) is 1.98. The molecule has 0 bridgehead atoms. The molecule has 18 heavy (non-hydrogen) atoms. The monoisotopic (exact) mass is 310 g/mol. The molecule has 94 valence electrons. The molecule has 0 aromatic heterocycles. The Bertz CT molecular complexity index is 554. The Kier molecular flexibility index (Phi) is 3.38. The number of carbonyl (C=O) groups is 2. The van der Waals surface area contributed by atoms with Gasteiger partial charge in [0.25, 0.3) is 5.91 Å². The molecular formula is C12H11BrN2O3. The minimum absolute atomic E-state index is 0.235. The first-order valence-electron chi connectivity index (χ1n) is 5.17. The average Bonchev–Trinajstić information content (AvgIpc) is 2.57. The van der Waals surface area contributed by atoms with Gasteiger partial charge >= 0.3 is 6.03 Å². The Morgan fingerprint density at radius 2 is 2.11 bits per heavy atom. The number of hydrogen-bond donors (Lipinski definition) is 1. The zero-order valence-electron chi connectivity index (χ0n) is 9.86. The Hall–Kier alpha value is -1.82. The van der Waals surface area contributed by atoms with E-state index in [1.165, 1.54) is 7.05 Å². The number of benzene rings is 1. The number of carbonyl (C=O) groups excluding carboxylic acids is 2. The lowest BCUT2D eigenvalue weighted by Crippen LogP contribution is -2.25. The first kappa shape index (κ1) is 12.6. The normalized spacial score (nSPS) is 17.3. The molecule has 1 aromatic carbocycles. The van der Waals surface area contributed by atoms with Crippen molar-refractivity contribution in [3.63, 3.8) is 0 Å². The molecule has 0 saturated carbocycles. The van der Waals surface area contributed by atoms with Gasteiger partial charge in [0.05, 0.1) is 7.11 Å². The van der Waals surface area contributed by atoms with Crippen LogP contribution in [0.5, 0.6) is 5.75 Å². The number of amides is 3. The number of halogens is 1. The summed E-state index contributed by atoms with van der Waals surface area (Å²) in [5.41, 5.74) is 0.949. The van der Waals surface area contributed by atoms with Crippen molar-refractivity contribution < 1.29 is 14.3 Å². The molecule has 1 N–H and O–H groups in total. The van der Waals surface area contributed by atoms with E-state index in [0.29, 0.717) is 11.3 Å². The largest absolute Gasteiger partial charge is 0.496 e. The number of methoxy groups -OCH3 is 1. The van der Waals surface area contributed by atoms with Gasteiger partial charge in [0.15, 0.2) is 0 Å². The van der Waals surface area contributed by atoms with Crippen molar-refractivity contribution in [3.8, 4) is 5.75 Å². The fraction of sp³-hybridized carbons (Fsp3) is 0.167. The summed E-state index contributed by atoms with van der Waals surface area (Å²) in [6, 6.07) is 4.99. The van der Waals surface area contributed by atoms with Crippen LogP contribution in [0.1, 0.15) is 5.56 Å². The van der Waals surface area contributed by atoms with Gasteiger partial charge in [-0.1, -0.05) is 15.9 Å². The number of rotatable bonds is 2. The zero-order valence-corrected chi connectivity index (χ0v) is 11.4. The molecule has 1 aliphatic rings. The molecule has 2 rings (SSSR count). The summed E-state index contributed by atoms with van der Waals surface area (Å²) in [4.78, 5) is 24.1. The molecule has 0 radical (unpaired) electrons. The van der Waals surface area contributed by atoms with E-state index < -0.39 is 6.03 Å². The van der Waals surface area contributed by atoms with Crippen LogP contribution in [-0.2, 0) is 4.79 Å². The molecule has 0 spiro atoms. The standard InChI is InChI=1S/C12H11BrN2O3/c1-15-11(16)9(14-12(15)17)6-7-5-8(13)3-4-10(7)18-2/h3-6H,1-2H3,(H,14,17)/b9-6+. The number of urea groups is 1. The highest BCUT2D eigenvalue weighted by atomic mass is 79.9. The molecule has 1 aliphatic heterocycles. The third-order valence-electron chi connectivity index (χ3n) is 2.57. The quantitative estimate of drug-likeness (QED) is 0.671. The lowest BCUT2D eigenvalue weighted by molar-refractivity contribution is -0.121. The number of nitrogens with one attached hydrogen (secondary N) is 1. The van der Waals surface area contributed by atoms with Crippen molar-refractivity contribution in [2.75, 3.05) is 14.2 Å². The molecule has 1 heterocycles. The first-order valence-corrected chi connectivity index (χ1v) is 5.96. The van der Waals surface area contributed by atoms with Crippen molar-refractivity contribution in [1.82, 2.24) is 10.2 Å². The van der Waals surface area contributed by atoms with E-state index in [9.17, 15) is 9.59 Å². The minimum Gasteiger partial charge on any atom is -0.496 e. The predicted octanol–water partition coefficient (Wildman–Crippen LogP) is 1.98. The molecule has 1 saturated heterocycles. The average molecular weight is 311 g/mol. The van der Waals surface area contributed by atoms with E-state index in [1.807, 2.05) is 12.1 Å². The molecule has 1 aromatic rings. The molecule has 6 heteroatoms. The summed E-state index contributed by atoms with van der Waals surface area (Å²) < 4.78 is 6.06. The summed E-state index contributed by atoms with van der Waals surface area (Å²) in [5.74, 6) is 0.268. The van der Waals surface area contributed by atoms with Gasteiger partial charge in [0.1, 0.15) is 11.4 Å². The van der Waals surface area contributed by atoms with E-state index >= 15 is 0 Å². The maximum Gasteiger partial charge on any atom is 0.328 e. The van der Waals surface area contributed by atoms with Crippen molar-refractivity contribution in [1.29, 1.82) is 0 Å². The van der Waals surface area contributed by atoms with E-state index in [2.05, 4.69) is 21.2 Å². The van der Waals surface area contributed by atoms with E-state index in [4.69, 9.17) is 4.74 Å². The molecule has 0 unspecified atom stereocenters. The Morgan fingerprint density at radius 1 is 1.39 bits per heavy atom. The van der Waals surface area contributed by atoms with Gasteiger partial charge in [0, 0.05) is 17.1 Å². The topological polar surface area (TPSA) is 58.6 Å². The minimum atomic E-state index is -0.430. The lowest BCUT2D eigenvalue weighted by atomic mass is 10.1. The fourth-order valence-electron chi connectivity index (χ4n) is 1.60. The maximum atomic E-state index is 11.7. The summed E-state index contributed by atoms with van der Waals surface area (Å²) in [6.45, 7) is 0. The number of ether oxygens (including phenoxy) is 1. The van der Waals surface area contributed by atoms with Crippen LogP contribution >= 0.6 is 15.9 Å². The number of likely N-dealkylation sites (N-methyl/N-ethyl adjacent to an activating group) is 1. The lowest BCUT2D eigenvalue weighted by Gasteiger charge is -2.05. The van der Waals surface area contributed by atoms with Crippen LogP contribution in [0.25, 0.3) is 6.08 Å². The van der Waals surface area contributed by atoms with Crippen molar-refractivity contribution in [2.24, 2.45) is 0 Å². The van der Waals surface area contributed by atoms with Gasteiger partial charge in [-0.15, -0.1) is 0 Å². The molecule has 0 aliphatic carbocycles. The van der Waals surface area contributed by atoms with Gasteiger partial charge in [0.2, 0.25) is 0 Å². The van der Waals surface area contributed by atoms with Crippen LogP contribution in [0.3, 0.4) is 0 Å². The molecule has 1 fully saturated rings. The Morgan fingerprint density at radius 3 is 2.67 bits per heavy atom. The first-order chi connectivity index (χ1) is 8.52. The van der Waals surface area contributed by atoms with Crippen LogP contribution in [0, 0.1) is 0 Å². The van der Waals surface area contributed by atoms with Crippen LogP contribution in [0.2, 0.25) is 0 Å². The van der Waals surface area contributed by atoms with Gasteiger partial charge < -0.3 is 10.1 Å². The second kappa shape index (κ2) is 4.81. The van der Waals surface area contributed by atoms with Gasteiger partial charge in [-0.3, -0.25) is 9.69 Å². The molecule has 5 nitrogen and oxygen atoms in total. The van der Waals surface area contributed by atoms with E-state index in [-0.39, 0.29) is 11.6 Å². The Labute approximate surface area is 113 Å². The van der Waals surface area contributed by atoms with Gasteiger partial charge in [-0.05, 0) is 24.3 Å². The number of nitrogens with zero attached hydrogens (tertiary/aromatic N) is 1. The third-order valence-corrected chi connectivity index (χ3v) is 3.07. The summed E-state index contributed by atoms with van der Waals surface area (Å²) in [6.07, 6.45) is 1.59. The second-order valence-electron chi connectivity index (χ2n) is 3.74. The highest BCUT2D eigenvalue weighted by molar-refractivity contribution is 9.10. The van der Waals surface area contributed by atoms with Crippen molar-refractivity contribution in [2.45, 2.75) is 0 Å². The van der Waals surface area contributed by atoms with Crippen LogP contribution < -0.4 is 10.1 Å². The van der Waals surface area contributed by atoms with Crippen LogP contribution in [0.4, 0.5) is 4.79 Å². The molecule has 3 amide bonds. The van der Waals surface area contributed by atoms with Crippen LogP contribution in [-0.4, -0.2) is 31.0 Å². The summed E-state index contributed by atoms with van der Waals surface area (Å²) in [5, 5.41) is 2.50. The highest BCUT2D eigenvalue weighted by Gasteiger charge is 2.30. The second-order valence-corrected chi connectivity index (χ2v) is 4.65. The van der Waals surface area contributed by atoms with Crippen molar-refractivity contribution in [3.05, 3.63) is 33.9 Å². The van der Waals surface area contributed by atoms with Gasteiger partial charge in [-0.2, -0.15) is 0 Å². The Balaban J connectivity index is 2.42. The zero-order chi connectivity index (χ0) is 13.3. The molecule has 0 atom stereocenters. The van der Waals surface area contributed by atoms with Crippen molar-refractivity contribution >= 4 is 33.9 Å². The number of hydrogen-bond acceptors (Lipinski definition) is 3.